The van der Waals surface area contributed by atoms with E-state index < -0.39 is 89.6 Å². The summed E-state index contributed by atoms with van der Waals surface area (Å²) in [4.78, 5) is 43.6. The van der Waals surface area contributed by atoms with E-state index in [-0.39, 0.29) is 22.6 Å². The molecule has 0 saturated carbocycles. The van der Waals surface area contributed by atoms with E-state index in [1.54, 1.807) is 6.08 Å². The topological polar surface area (TPSA) is 314 Å². The van der Waals surface area contributed by atoms with Crippen LogP contribution in [0.2, 0.25) is 0 Å². The lowest BCUT2D eigenvalue weighted by Gasteiger charge is -2.24. The number of allylic oxidation sites excluding steroid dienone is 1. The Kier molecular flexibility index (Phi) is 9.43. The van der Waals surface area contributed by atoms with Gasteiger partial charge in [-0.2, -0.15) is 4.31 Å². The predicted molar refractivity (Wildman–Crippen MR) is 148 cm³/mol. The van der Waals surface area contributed by atoms with Gasteiger partial charge in [-0.25, -0.2) is 24.1 Å². The van der Waals surface area contributed by atoms with Gasteiger partial charge >= 0.3 is 15.6 Å². The first-order chi connectivity index (χ1) is 21.1. The Bertz CT molecular complexity index is 1630. The van der Waals surface area contributed by atoms with Crippen molar-refractivity contribution in [3.63, 3.8) is 0 Å². The number of nitrogens with zero attached hydrogens (tertiary/aromatic N) is 4. The quantitative estimate of drug-likeness (QED) is 0.118. The summed E-state index contributed by atoms with van der Waals surface area (Å²) in [6.07, 6.45) is -4.86. The SMILES string of the molecule is C=C1C=CC([C@H]2O[C@@H](COP(=O)(O)OP(=O)(O)OC[C@H]3O[C@@H](n4cnc5c(N)ncnc54)[C@H](O)[C@@H]3O)[C@H](O)[C@@H]2O)C=C1C(N)=O. The first kappa shape index (κ1) is 33.4. The van der Waals surface area contributed by atoms with Crippen molar-refractivity contribution < 1.29 is 67.0 Å². The maximum absolute atomic E-state index is 12.5. The number of hydrogen-bond donors (Lipinski definition) is 8. The Labute approximate surface area is 253 Å². The molecule has 0 bridgehead atoms. The number of phosphoric acid groups is 2. The number of aliphatic hydroxyl groups is 4. The fraction of sp³-hybridized carbons (Fsp3) is 0.478. The first-order valence-corrected chi connectivity index (χ1v) is 16.1. The molecule has 22 heteroatoms. The van der Waals surface area contributed by atoms with Gasteiger partial charge in [-0.1, -0.05) is 24.8 Å². The summed E-state index contributed by atoms with van der Waals surface area (Å²) in [6, 6.07) is 0. The van der Waals surface area contributed by atoms with Crippen molar-refractivity contribution in [1.82, 2.24) is 19.5 Å². The lowest BCUT2D eigenvalue weighted by atomic mass is 9.87. The van der Waals surface area contributed by atoms with Crippen molar-refractivity contribution in [2.24, 2.45) is 11.7 Å². The molecule has 11 atom stereocenters. The van der Waals surface area contributed by atoms with Gasteiger partial charge in [0.1, 0.15) is 48.5 Å². The second kappa shape index (κ2) is 12.7. The van der Waals surface area contributed by atoms with E-state index in [0.29, 0.717) is 5.57 Å². The maximum Gasteiger partial charge on any atom is 0.481 e. The molecule has 2 aromatic rings. The van der Waals surface area contributed by atoms with Crippen molar-refractivity contribution >= 4 is 38.5 Å². The molecule has 0 spiro atoms. The van der Waals surface area contributed by atoms with E-state index in [9.17, 15) is 44.1 Å². The van der Waals surface area contributed by atoms with Crippen LogP contribution in [0.15, 0.2) is 48.6 Å². The number of carbonyl (C=O) groups is 1. The lowest BCUT2D eigenvalue weighted by molar-refractivity contribution is -0.114. The second-order valence-corrected chi connectivity index (χ2v) is 13.3. The van der Waals surface area contributed by atoms with Crippen LogP contribution >= 0.6 is 15.6 Å². The summed E-state index contributed by atoms with van der Waals surface area (Å²) in [7, 11) is -10.7. The summed E-state index contributed by atoms with van der Waals surface area (Å²) in [5.74, 6) is -1.45. The molecular weight excluding hydrogens is 646 g/mol. The van der Waals surface area contributed by atoms with Gasteiger partial charge in [0.15, 0.2) is 17.7 Å². The van der Waals surface area contributed by atoms with Crippen molar-refractivity contribution in [2.75, 3.05) is 18.9 Å². The van der Waals surface area contributed by atoms with E-state index in [1.165, 1.54) is 23.0 Å². The number of amides is 1. The van der Waals surface area contributed by atoms with Crippen molar-refractivity contribution in [3.05, 3.63) is 48.6 Å². The molecule has 2 aliphatic heterocycles. The zero-order valence-corrected chi connectivity index (χ0v) is 24.8. The van der Waals surface area contributed by atoms with Crippen LogP contribution in [-0.4, -0.2) is 112 Å². The molecule has 2 aromatic heterocycles. The van der Waals surface area contributed by atoms with Crippen molar-refractivity contribution in [2.45, 2.75) is 49.0 Å². The molecule has 0 aromatic carbocycles. The number of rotatable bonds is 11. The molecular formula is C23H30N6O14P2. The van der Waals surface area contributed by atoms with E-state index >= 15 is 0 Å². The number of ether oxygens (including phenoxy) is 2. The summed E-state index contributed by atoms with van der Waals surface area (Å²) in [5, 5.41) is 41.8. The molecule has 2 fully saturated rings. The van der Waals surface area contributed by atoms with Crippen LogP contribution in [0.3, 0.4) is 0 Å². The molecule has 3 unspecified atom stereocenters. The number of anilines is 1. The van der Waals surface area contributed by atoms with Gasteiger partial charge in [0.25, 0.3) is 0 Å². The summed E-state index contributed by atoms with van der Waals surface area (Å²) < 4.78 is 51.0. The zero-order chi connectivity index (χ0) is 32.8. The predicted octanol–water partition coefficient (Wildman–Crippen LogP) is -2.08. The van der Waals surface area contributed by atoms with E-state index in [2.05, 4.69) is 25.8 Å². The number of primary amides is 1. The molecule has 3 aliphatic rings. The smallest absolute Gasteiger partial charge is 0.388 e. The van der Waals surface area contributed by atoms with Crippen molar-refractivity contribution in [3.8, 4) is 0 Å². The Morgan fingerprint density at radius 1 is 0.978 bits per heavy atom. The zero-order valence-electron chi connectivity index (χ0n) is 23.0. The van der Waals surface area contributed by atoms with Crippen LogP contribution in [0.5, 0.6) is 0 Å². The highest BCUT2D eigenvalue weighted by Crippen LogP contribution is 2.60. The lowest BCUT2D eigenvalue weighted by Crippen LogP contribution is -2.36. The van der Waals surface area contributed by atoms with Crippen LogP contribution in [-0.2, 0) is 36.8 Å². The molecule has 0 radical (unpaired) electrons. The highest BCUT2D eigenvalue weighted by Gasteiger charge is 2.48. The average Bonchev–Trinajstić information content (AvgIpc) is 3.61. The van der Waals surface area contributed by atoms with E-state index in [1.807, 2.05) is 0 Å². The second-order valence-electron chi connectivity index (χ2n) is 10.3. The summed E-state index contributed by atoms with van der Waals surface area (Å²) >= 11 is 0. The third-order valence-corrected chi connectivity index (χ3v) is 9.88. The normalized spacial score (nSPS) is 34.5. The molecule has 45 heavy (non-hydrogen) atoms. The van der Waals surface area contributed by atoms with Gasteiger partial charge in [0, 0.05) is 11.5 Å². The molecule has 1 amide bonds. The minimum atomic E-state index is -5.37. The molecule has 20 nitrogen and oxygen atoms in total. The molecule has 1 aliphatic carbocycles. The van der Waals surface area contributed by atoms with Gasteiger partial charge in [-0.05, 0) is 5.57 Å². The molecule has 246 valence electrons. The molecule has 4 heterocycles. The Morgan fingerprint density at radius 2 is 1.60 bits per heavy atom. The number of nitrogens with two attached hydrogens (primary N) is 2. The molecule has 5 rings (SSSR count). The Hall–Kier alpha value is -2.94. The number of imidazole rings is 1. The summed E-state index contributed by atoms with van der Waals surface area (Å²) in [6.45, 7) is 1.90. The number of hydrogen-bond acceptors (Lipinski definition) is 16. The first-order valence-electron chi connectivity index (χ1n) is 13.1. The van der Waals surface area contributed by atoms with E-state index in [4.69, 9.17) is 30.0 Å². The highest BCUT2D eigenvalue weighted by atomic mass is 31.3. The number of phosphoric ester groups is 2. The minimum Gasteiger partial charge on any atom is -0.388 e. The van der Waals surface area contributed by atoms with E-state index in [0.717, 1.165) is 6.33 Å². The average molecular weight is 676 g/mol. The fourth-order valence-corrected chi connectivity index (χ4v) is 7.11. The minimum absolute atomic E-state index is 0.0506. The van der Waals surface area contributed by atoms with Crippen LogP contribution in [0.4, 0.5) is 5.82 Å². The maximum atomic E-state index is 12.5. The summed E-state index contributed by atoms with van der Waals surface area (Å²) in [5.41, 5.74) is 11.9. The Morgan fingerprint density at radius 3 is 2.24 bits per heavy atom. The third kappa shape index (κ3) is 6.93. The molecule has 10 N–H and O–H groups in total. The van der Waals surface area contributed by atoms with Crippen LogP contribution < -0.4 is 11.5 Å². The monoisotopic (exact) mass is 676 g/mol. The number of carbonyl (C=O) groups excluding carboxylic acids is 1. The van der Waals surface area contributed by atoms with Gasteiger partial charge in [0.2, 0.25) is 5.91 Å². The highest BCUT2D eigenvalue weighted by molar-refractivity contribution is 7.61. The number of fused-ring (bicyclic) bond motifs is 1. The third-order valence-electron chi connectivity index (χ3n) is 7.28. The standard InChI is InChI=1S/C23H30N6O14P2/c1-9-2-3-10(4-11(9)21(25)34)19-17(32)15(30)12(41-19)5-39-44(35,36)43-45(37,38)40-6-13-16(31)18(33)23(42-13)29-8-28-14-20(24)26-7-27-22(14)29/h2-4,7-8,10,12-13,15-19,23,30-33H,1,5-6H2,(H2,25,34)(H,35,36)(H,37,38)(H2,24,26,27)/t10?,12-,13+,15-,16+,17-,18+,19+,23+/m0/s1. The van der Waals surface area contributed by atoms with Crippen LogP contribution in [0.25, 0.3) is 11.2 Å². The van der Waals surface area contributed by atoms with Gasteiger partial charge in [-0.3, -0.25) is 18.4 Å². The largest absolute Gasteiger partial charge is 0.481 e. The van der Waals surface area contributed by atoms with Crippen LogP contribution in [0, 0.1) is 5.92 Å². The number of aliphatic hydroxyl groups excluding tert-OH is 4. The molecule has 2 saturated heterocycles. The number of nitrogen functional groups attached to an aromatic ring is 1. The van der Waals surface area contributed by atoms with Gasteiger partial charge in [0.05, 0.1) is 25.6 Å². The van der Waals surface area contributed by atoms with Gasteiger partial charge < -0.3 is 51.2 Å². The number of aromatic nitrogens is 4. The fourth-order valence-electron chi connectivity index (χ4n) is 5.02. The Balaban J connectivity index is 1.15. The van der Waals surface area contributed by atoms with Crippen LogP contribution in [0.1, 0.15) is 6.23 Å². The van der Waals surface area contributed by atoms with Crippen molar-refractivity contribution in [1.29, 1.82) is 0 Å². The van der Waals surface area contributed by atoms with Gasteiger partial charge in [-0.15, -0.1) is 0 Å².